The molecule has 0 aliphatic heterocycles. The molecule has 20 heavy (non-hydrogen) atoms. The fraction of sp³-hybridized carbons (Fsp3) is 0.867. The van der Waals surface area contributed by atoms with Crippen molar-refractivity contribution in [3.63, 3.8) is 0 Å². The van der Waals surface area contributed by atoms with Gasteiger partial charge in [0.1, 0.15) is 0 Å². The summed E-state index contributed by atoms with van der Waals surface area (Å²) in [4.78, 5) is 23.6. The van der Waals surface area contributed by atoms with Gasteiger partial charge in [0.15, 0.2) is 0 Å². The van der Waals surface area contributed by atoms with Crippen molar-refractivity contribution in [3.8, 4) is 0 Å². The maximum atomic E-state index is 12.4. The summed E-state index contributed by atoms with van der Waals surface area (Å²) < 4.78 is 0. The van der Waals surface area contributed by atoms with E-state index in [4.69, 9.17) is 5.11 Å². The number of aliphatic hydroxyl groups is 1. The first kappa shape index (κ1) is 17.0. The van der Waals surface area contributed by atoms with Gasteiger partial charge in [-0.15, -0.1) is 0 Å². The lowest BCUT2D eigenvalue weighted by molar-refractivity contribution is -0.149. The van der Waals surface area contributed by atoms with Crippen LogP contribution in [0.4, 0.5) is 0 Å². The summed E-state index contributed by atoms with van der Waals surface area (Å²) in [7, 11) is 0. The minimum atomic E-state index is -0.876. The van der Waals surface area contributed by atoms with Crippen molar-refractivity contribution in [2.75, 3.05) is 6.61 Å². The quantitative estimate of drug-likeness (QED) is 0.718. The number of amides is 1. The van der Waals surface area contributed by atoms with Crippen LogP contribution in [0, 0.1) is 17.3 Å². The molecule has 5 heteroatoms. The molecular formula is C15H27NO4. The first-order valence-electron chi connectivity index (χ1n) is 7.41. The fourth-order valence-corrected chi connectivity index (χ4v) is 2.87. The molecule has 0 saturated heterocycles. The highest BCUT2D eigenvalue weighted by Gasteiger charge is 2.37. The van der Waals surface area contributed by atoms with Crippen LogP contribution in [0.3, 0.4) is 0 Å². The highest BCUT2D eigenvalue weighted by molar-refractivity contribution is 5.85. The van der Waals surface area contributed by atoms with E-state index < -0.39 is 17.8 Å². The van der Waals surface area contributed by atoms with E-state index in [1.54, 1.807) is 0 Å². The Morgan fingerprint density at radius 2 is 1.75 bits per heavy atom. The Balaban J connectivity index is 2.74. The number of hydrogen-bond donors (Lipinski definition) is 3. The second kappa shape index (κ2) is 7.07. The normalized spacial score (nSPS) is 25.0. The third-order valence-corrected chi connectivity index (χ3v) is 4.20. The SMILES string of the molecule is CC(C)(C)C(CCO)NC(=O)[C@@H]1CCCC[C@@H]1C(=O)O. The summed E-state index contributed by atoms with van der Waals surface area (Å²) in [6.45, 7) is 6.02. The van der Waals surface area contributed by atoms with E-state index in [1.165, 1.54) is 0 Å². The number of aliphatic hydroxyl groups excluding tert-OH is 1. The predicted molar refractivity (Wildman–Crippen MR) is 76.2 cm³/mol. The number of carbonyl (C=O) groups is 2. The molecule has 1 aliphatic rings. The summed E-state index contributed by atoms with van der Waals surface area (Å²) in [5.41, 5.74) is -0.161. The molecule has 1 fully saturated rings. The van der Waals surface area contributed by atoms with Gasteiger partial charge in [0, 0.05) is 12.6 Å². The van der Waals surface area contributed by atoms with Gasteiger partial charge < -0.3 is 15.5 Å². The number of carboxylic acid groups (broad SMARTS) is 1. The zero-order valence-electron chi connectivity index (χ0n) is 12.7. The van der Waals surface area contributed by atoms with E-state index >= 15 is 0 Å². The molecule has 1 aliphatic carbocycles. The zero-order chi connectivity index (χ0) is 15.3. The van der Waals surface area contributed by atoms with E-state index in [0.717, 1.165) is 12.8 Å². The van der Waals surface area contributed by atoms with Crippen LogP contribution in [-0.4, -0.2) is 34.7 Å². The lowest BCUT2D eigenvalue weighted by atomic mass is 9.77. The molecule has 1 rings (SSSR count). The summed E-state index contributed by atoms with van der Waals surface area (Å²) in [6.07, 6.45) is 3.48. The van der Waals surface area contributed by atoms with E-state index in [0.29, 0.717) is 19.3 Å². The Bertz CT molecular complexity index is 348. The van der Waals surface area contributed by atoms with Gasteiger partial charge in [-0.25, -0.2) is 0 Å². The minimum absolute atomic E-state index is 0.00917. The molecule has 0 aromatic carbocycles. The van der Waals surface area contributed by atoms with Crippen LogP contribution >= 0.6 is 0 Å². The van der Waals surface area contributed by atoms with Crippen molar-refractivity contribution in [3.05, 3.63) is 0 Å². The maximum Gasteiger partial charge on any atom is 0.307 e. The molecule has 0 radical (unpaired) electrons. The van der Waals surface area contributed by atoms with E-state index in [-0.39, 0.29) is 24.0 Å². The third kappa shape index (κ3) is 4.47. The molecule has 116 valence electrons. The number of nitrogens with one attached hydrogen (secondary N) is 1. The third-order valence-electron chi connectivity index (χ3n) is 4.20. The van der Waals surface area contributed by atoms with Crippen molar-refractivity contribution in [2.24, 2.45) is 17.3 Å². The molecule has 0 spiro atoms. The molecular weight excluding hydrogens is 258 g/mol. The molecule has 1 unspecified atom stereocenters. The average molecular weight is 285 g/mol. The molecule has 1 amide bonds. The highest BCUT2D eigenvalue weighted by atomic mass is 16.4. The molecule has 1 saturated carbocycles. The van der Waals surface area contributed by atoms with E-state index in [2.05, 4.69) is 5.32 Å². The Morgan fingerprint density at radius 3 is 2.20 bits per heavy atom. The molecule has 0 heterocycles. The second-order valence-electron chi connectivity index (χ2n) is 6.78. The lowest BCUT2D eigenvalue weighted by Gasteiger charge is -2.34. The molecule has 3 N–H and O–H groups in total. The van der Waals surface area contributed by atoms with Gasteiger partial charge in [-0.2, -0.15) is 0 Å². The van der Waals surface area contributed by atoms with Crippen LogP contribution in [0.2, 0.25) is 0 Å². The van der Waals surface area contributed by atoms with E-state index in [1.807, 2.05) is 20.8 Å². The number of aliphatic carboxylic acids is 1. The van der Waals surface area contributed by atoms with Gasteiger partial charge in [0.25, 0.3) is 0 Å². The largest absolute Gasteiger partial charge is 0.481 e. The van der Waals surface area contributed by atoms with Gasteiger partial charge in [-0.05, 0) is 24.7 Å². The average Bonchev–Trinajstić information content (AvgIpc) is 2.37. The predicted octanol–water partition coefficient (Wildman–Crippen LogP) is 1.79. The van der Waals surface area contributed by atoms with Gasteiger partial charge in [-0.3, -0.25) is 9.59 Å². The summed E-state index contributed by atoms with van der Waals surface area (Å²) in [5.74, 6) is -2.06. The second-order valence-corrected chi connectivity index (χ2v) is 6.78. The van der Waals surface area contributed by atoms with Crippen molar-refractivity contribution >= 4 is 11.9 Å². The molecule has 3 atom stereocenters. The molecule has 5 nitrogen and oxygen atoms in total. The minimum Gasteiger partial charge on any atom is -0.481 e. The van der Waals surface area contributed by atoms with Crippen LogP contribution in [-0.2, 0) is 9.59 Å². The molecule has 0 aromatic heterocycles. The van der Waals surface area contributed by atoms with Crippen molar-refractivity contribution < 1.29 is 19.8 Å². The Labute approximate surface area is 120 Å². The maximum absolute atomic E-state index is 12.4. The van der Waals surface area contributed by atoms with Crippen molar-refractivity contribution in [1.82, 2.24) is 5.32 Å². The Morgan fingerprint density at radius 1 is 1.20 bits per heavy atom. The van der Waals surface area contributed by atoms with Crippen LogP contribution in [0.5, 0.6) is 0 Å². The summed E-state index contributed by atoms with van der Waals surface area (Å²) in [6, 6.07) is -0.142. The number of hydrogen-bond acceptors (Lipinski definition) is 3. The summed E-state index contributed by atoms with van der Waals surface area (Å²) >= 11 is 0. The van der Waals surface area contributed by atoms with Crippen LogP contribution < -0.4 is 5.32 Å². The topological polar surface area (TPSA) is 86.6 Å². The van der Waals surface area contributed by atoms with Crippen LogP contribution in [0.25, 0.3) is 0 Å². The van der Waals surface area contributed by atoms with Crippen LogP contribution in [0.15, 0.2) is 0 Å². The van der Waals surface area contributed by atoms with Crippen molar-refractivity contribution in [2.45, 2.75) is 58.9 Å². The summed E-state index contributed by atoms with van der Waals surface area (Å²) in [5, 5.41) is 21.3. The Kier molecular flexibility index (Phi) is 5.99. The number of carboxylic acids is 1. The van der Waals surface area contributed by atoms with Gasteiger partial charge in [-0.1, -0.05) is 33.6 Å². The van der Waals surface area contributed by atoms with Gasteiger partial charge >= 0.3 is 5.97 Å². The Hall–Kier alpha value is -1.10. The first-order chi connectivity index (χ1) is 9.27. The molecule has 0 aromatic rings. The molecule has 0 bridgehead atoms. The smallest absolute Gasteiger partial charge is 0.307 e. The van der Waals surface area contributed by atoms with Gasteiger partial charge in [0.2, 0.25) is 5.91 Å². The fourth-order valence-electron chi connectivity index (χ4n) is 2.87. The van der Waals surface area contributed by atoms with Crippen molar-refractivity contribution in [1.29, 1.82) is 0 Å². The zero-order valence-corrected chi connectivity index (χ0v) is 12.7. The van der Waals surface area contributed by atoms with E-state index in [9.17, 15) is 14.7 Å². The first-order valence-corrected chi connectivity index (χ1v) is 7.41. The number of rotatable bonds is 5. The number of carbonyl (C=O) groups excluding carboxylic acids is 1. The van der Waals surface area contributed by atoms with Gasteiger partial charge in [0.05, 0.1) is 11.8 Å². The van der Waals surface area contributed by atoms with Crippen LogP contribution in [0.1, 0.15) is 52.9 Å². The monoisotopic (exact) mass is 285 g/mol. The highest BCUT2D eigenvalue weighted by Crippen LogP contribution is 2.31. The lowest BCUT2D eigenvalue weighted by Crippen LogP contribution is -2.49. The standard InChI is InChI=1S/C15H27NO4/c1-15(2,3)12(8-9-17)16-13(18)10-6-4-5-7-11(10)14(19)20/h10-12,17H,4-9H2,1-3H3,(H,16,18)(H,19,20)/t10-,11+,12?/m1/s1.